The van der Waals surface area contributed by atoms with Crippen molar-refractivity contribution in [3.63, 3.8) is 0 Å². The first-order chi connectivity index (χ1) is 10.2. The van der Waals surface area contributed by atoms with E-state index < -0.39 is 5.97 Å². The van der Waals surface area contributed by atoms with Crippen LogP contribution in [0, 0.1) is 0 Å². The lowest BCUT2D eigenvalue weighted by Crippen LogP contribution is -2.41. The van der Waals surface area contributed by atoms with Crippen molar-refractivity contribution in [2.24, 2.45) is 0 Å². The van der Waals surface area contributed by atoms with Gasteiger partial charge in [-0.05, 0) is 31.5 Å². The molecule has 0 bridgehead atoms. The molecule has 0 saturated carbocycles. The number of benzene rings is 1. The maximum atomic E-state index is 12.5. The van der Waals surface area contributed by atoms with Crippen LogP contribution in [0.5, 0.6) is 5.75 Å². The first kappa shape index (κ1) is 13.9. The fraction of sp³-hybridized carbons (Fsp3) is 0.467. The minimum absolute atomic E-state index is 0.0153. The Morgan fingerprint density at radius 3 is 3.00 bits per heavy atom. The molecule has 0 aromatic heterocycles. The van der Waals surface area contributed by atoms with E-state index >= 15 is 0 Å². The van der Waals surface area contributed by atoms with E-state index in [4.69, 9.17) is 4.74 Å². The average Bonchev–Trinajstić information content (AvgIpc) is 2.98. The van der Waals surface area contributed by atoms with Crippen molar-refractivity contribution in [3.05, 3.63) is 23.8 Å². The van der Waals surface area contributed by atoms with Crippen LogP contribution in [0.1, 0.15) is 29.6 Å². The highest BCUT2D eigenvalue weighted by atomic mass is 16.5. The van der Waals surface area contributed by atoms with Crippen LogP contribution < -0.4 is 15.0 Å². The van der Waals surface area contributed by atoms with E-state index in [0.29, 0.717) is 31.0 Å². The molecule has 0 aliphatic carbocycles. The van der Waals surface area contributed by atoms with Gasteiger partial charge in [-0.3, -0.25) is 4.79 Å². The third-order valence-corrected chi connectivity index (χ3v) is 3.96. The molecule has 2 aliphatic heterocycles. The van der Waals surface area contributed by atoms with Gasteiger partial charge in [-0.15, -0.1) is 0 Å². The maximum Gasteiger partial charge on any atom is 0.339 e. The second-order valence-electron chi connectivity index (χ2n) is 5.35. The predicted octanol–water partition coefficient (Wildman–Crippen LogP) is 1.25. The minimum Gasteiger partial charge on any atom is -0.489 e. The zero-order valence-corrected chi connectivity index (χ0v) is 11.7. The van der Waals surface area contributed by atoms with Crippen molar-refractivity contribution >= 4 is 17.6 Å². The molecule has 1 amide bonds. The van der Waals surface area contributed by atoms with Crippen LogP contribution in [-0.2, 0) is 4.79 Å². The molecule has 6 heteroatoms. The monoisotopic (exact) mass is 290 g/mol. The minimum atomic E-state index is -1.04. The van der Waals surface area contributed by atoms with Gasteiger partial charge in [0.1, 0.15) is 12.2 Å². The summed E-state index contributed by atoms with van der Waals surface area (Å²) in [4.78, 5) is 25.4. The highest BCUT2D eigenvalue weighted by Gasteiger charge is 2.29. The largest absolute Gasteiger partial charge is 0.489 e. The van der Waals surface area contributed by atoms with Crippen LogP contribution in [0.15, 0.2) is 18.2 Å². The molecular weight excluding hydrogens is 272 g/mol. The summed E-state index contributed by atoms with van der Waals surface area (Å²) >= 11 is 0. The fourth-order valence-electron chi connectivity index (χ4n) is 2.93. The van der Waals surface area contributed by atoms with Crippen molar-refractivity contribution < 1.29 is 19.4 Å². The summed E-state index contributed by atoms with van der Waals surface area (Å²) in [6.45, 7) is 1.74. The van der Waals surface area contributed by atoms with Crippen molar-refractivity contribution in [1.82, 2.24) is 5.32 Å². The third-order valence-electron chi connectivity index (χ3n) is 3.96. The molecule has 21 heavy (non-hydrogen) atoms. The number of carbonyl (C=O) groups excluding carboxylic acids is 1. The number of para-hydroxylation sites is 1. The maximum absolute atomic E-state index is 12.5. The number of ether oxygens (including phenoxy) is 1. The highest BCUT2D eigenvalue weighted by molar-refractivity contribution is 6.00. The number of anilines is 1. The van der Waals surface area contributed by atoms with Gasteiger partial charge in [0.15, 0.2) is 5.75 Å². The lowest BCUT2D eigenvalue weighted by atomic mass is 10.1. The molecule has 0 radical (unpaired) electrons. The van der Waals surface area contributed by atoms with Gasteiger partial charge >= 0.3 is 5.97 Å². The highest BCUT2D eigenvalue weighted by Crippen LogP contribution is 2.35. The first-order valence-electron chi connectivity index (χ1n) is 7.19. The summed E-state index contributed by atoms with van der Waals surface area (Å²) < 4.78 is 5.48. The molecule has 1 atom stereocenters. The summed E-state index contributed by atoms with van der Waals surface area (Å²) in [7, 11) is 0. The van der Waals surface area contributed by atoms with Crippen LogP contribution in [0.25, 0.3) is 0 Å². The summed E-state index contributed by atoms with van der Waals surface area (Å²) in [5.41, 5.74) is 0.660. The molecule has 2 aliphatic rings. The number of carboxylic acids is 1. The number of amides is 1. The molecule has 0 spiro atoms. The fourth-order valence-corrected chi connectivity index (χ4v) is 2.93. The van der Waals surface area contributed by atoms with Crippen molar-refractivity contribution in [3.8, 4) is 5.75 Å². The number of fused-ring (bicyclic) bond motifs is 1. The molecule has 6 nitrogen and oxygen atoms in total. The second kappa shape index (κ2) is 5.73. The van der Waals surface area contributed by atoms with Gasteiger partial charge in [0.2, 0.25) is 5.91 Å². The Balaban J connectivity index is 1.84. The number of carbonyl (C=O) groups is 2. The number of nitrogens with one attached hydrogen (secondary N) is 1. The molecule has 3 rings (SSSR count). The lowest BCUT2D eigenvalue weighted by Gasteiger charge is -2.31. The second-order valence-corrected chi connectivity index (χ2v) is 5.35. The van der Waals surface area contributed by atoms with Gasteiger partial charge in [0.05, 0.1) is 12.2 Å². The van der Waals surface area contributed by atoms with E-state index in [1.165, 1.54) is 6.07 Å². The normalized spacial score (nSPS) is 20.8. The Bertz CT molecular complexity index is 567. The Morgan fingerprint density at radius 2 is 2.29 bits per heavy atom. The number of nitrogens with zero attached hydrogens (tertiary/aromatic N) is 1. The summed E-state index contributed by atoms with van der Waals surface area (Å²) in [5.74, 6) is -0.732. The van der Waals surface area contributed by atoms with Crippen molar-refractivity contribution in [1.29, 1.82) is 0 Å². The van der Waals surface area contributed by atoms with Crippen molar-refractivity contribution in [2.75, 3.05) is 24.6 Å². The zero-order valence-electron chi connectivity index (χ0n) is 11.7. The number of aromatic carboxylic acids is 1. The first-order valence-corrected chi connectivity index (χ1v) is 7.19. The standard InChI is InChI=1S/C15H18N2O4/c18-13(9-10-3-2-6-16-10)17-7-8-21-14-11(15(19)20)4-1-5-12(14)17/h1,4-5,10,16H,2-3,6-9H2,(H,19,20). The van der Waals surface area contributed by atoms with E-state index in [-0.39, 0.29) is 17.5 Å². The molecule has 1 fully saturated rings. The summed E-state index contributed by atoms with van der Waals surface area (Å²) in [6.07, 6.45) is 2.55. The Hall–Kier alpha value is -2.08. The van der Waals surface area contributed by atoms with Crippen LogP contribution in [0.2, 0.25) is 0 Å². The van der Waals surface area contributed by atoms with Gasteiger partial charge in [0, 0.05) is 12.5 Å². The van der Waals surface area contributed by atoms with Crippen LogP contribution in [0.3, 0.4) is 0 Å². The molecule has 2 heterocycles. The van der Waals surface area contributed by atoms with E-state index in [9.17, 15) is 14.7 Å². The number of rotatable bonds is 3. The quantitative estimate of drug-likeness (QED) is 0.876. The molecule has 1 aromatic rings. The molecule has 2 N–H and O–H groups in total. The van der Waals surface area contributed by atoms with Gasteiger partial charge in [-0.2, -0.15) is 0 Å². The zero-order chi connectivity index (χ0) is 14.8. The predicted molar refractivity (Wildman–Crippen MR) is 76.9 cm³/mol. The molecule has 1 aromatic carbocycles. The van der Waals surface area contributed by atoms with Gasteiger partial charge in [0.25, 0.3) is 0 Å². The Labute approximate surface area is 122 Å². The topological polar surface area (TPSA) is 78.9 Å². The van der Waals surface area contributed by atoms with E-state index in [2.05, 4.69) is 5.32 Å². The third kappa shape index (κ3) is 2.71. The summed E-state index contributed by atoms with van der Waals surface area (Å²) in [5, 5.41) is 12.5. The van der Waals surface area contributed by atoms with Gasteiger partial charge < -0.3 is 20.1 Å². The van der Waals surface area contributed by atoms with Gasteiger partial charge in [-0.25, -0.2) is 4.79 Å². The lowest BCUT2D eigenvalue weighted by molar-refractivity contribution is -0.119. The number of carboxylic acid groups (broad SMARTS) is 1. The van der Waals surface area contributed by atoms with Crippen molar-refractivity contribution in [2.45, 2.75) is 25.3 Å². The summed E-state index contributed by atoms with van der Waals surface area (Å²) in [6, 6.07) is 5.10. The van der Waals surface area contributed by atoms with Crippen LogP contribution in [-0.4, -0.2) is 42.7 Å². The molecular formula is C15H18N2O4. The molecule has 1 saturated heterocycles. The SMILES string of the molecule is O=C(O)c1cccc2c1OCCN2C(=O)CC1CCCN1. The van der Waals surface area contributed by atoms with E-state index in [1.807, 2.05) is 0 Å². The average molecular weight is 290 g/mol. The Kier molecular flexibility index (Phi) is 3.79. The number of hydrogen-bond acceptors (Lipinski definition) is 4. The van der Waals surface area contributed by atoms with E-state index in [0.717, 1.165) is 19.4 Å². The van der Waals surface area contributed by atoms with Crippen LogP contribution >= 0.6 is 0 Å². The number of hydrogen-bond donors (Lipinski definition) is 2. The Morgan fingerprint density at radius 1 is 1.43 bits per heavy atom. The van der Waals surface area contributed by atoms with Gasteiger partial charge in [-0.1, -0.05) is 6.07 Å². The molecule has 112 valence electrons. The molecule has 1 unspecified atom stereocenters. The smallest absolute Gasteiger partial charge is 0.339 e. The van der Waals surface area contributed by atoms with E-state index in [1.54, 1.807) is 17.0 Å². The van der Waals surface area contributed by atoms with Crippen LogP contribution in [0.4, 0.5) is 5.69 Å².